The van der Waals surface area contributed by atoms with Crippen molar-refractivity contribution in [3.63, 3.8) is 0 Å². The van der Waals surface area contributed by atoms with E-state index in [0.29, 0.717) is 24.9 Å². The van der Waals surface area contributed by atoms with E-state index in [4.69, 9.17) is 16.0 Å². The van der Waals surface area contributed by atoms with Gasteiger partial charge < -0.3 is 14.6 Å². The summed E-state index contributed by atoms with van der Waals surface area (Å²) >= 11 is 5.55. The van der Waals surface area contributed by atoms with Crippen LogP contribution in [0.5, 0.6) is 0 Å². The molecule has 1 aliphatic heterocycles. The number of carbonyl (C=O) groups is 1. The number of piperidine rings is 1. The molecule has 1 amide bonds. The minimum atomic E-state index is 0.159. The molecule has 1 atom stereocenters. The van der Waals surface area contributed by atoms with Crippen molar-refractivity contribution in [1.82, 2.24) is 15.1 Å². The fourth-order valence-electron chi connectivity index (χ4n) is 1.67. The molecule has 7 heteroatoms. The highest BCUT2D eigenvalue weighted by atomic mass is 35.5. The van der Waals surface area contributed by atoms with E-state index in [1.807, 2.05) is 0 Å². The van der Waals surface area contributed by atoms with Gasteiger partial charge in [-0.1, -0.05) is 5.10 Å². The maximum absolute atomic E-state index is 11.3. The summed E-state index contributed by atoms with van der Waals surface area (Å²) in [7, 11) is 1.79. The molecule has 2 rings (SSSR count). The van der Waals surface area contributed by atoms with Crippen LogP contribution in [0, 0.1) is 0 Å². The van der Waals surface area contributed by atoms with Crippen LogP contribution in [-0.4, -0.2) is 40.6 Å². The summed E-state index contributed by atoms with van der Waals surface area (Å²) in [5.74, 6) is 0.770. The van der Waals surface area contributed by atoms with Crippen molar-refractivity contribution in [1.29, 1.82) is 0 Å². The standard InChI is InChI=1S/C9H13ClN4O2/c1-14-5-6(2-3-8(14)15)11-9-13-12-7(4-10)16-9/h6H,2-5H2,1H3,(H,11,13). The summed E-state index contributed by atoms with van der Waals surface area (Å²) in [5, 5.41) is 10.6. The van der Waals surface area contributed by atoms with Gasteiger partial charge in [-0.05, 0) is 6.42 Å². The molecule has 1 fully saturated rings. The lowest BCUT2D eigenvalue weighted by atomic mass is 10.1. The van der Waals surface area contributed by atoms with Crippen LogP contribution in [0.15, 0.2) is 4.42 Å². The van der Waals surface area contributed by atoms with E-state index >= 15 is 0 Å². The number of likely N-dealkylation sites (tertiary alicyclic amines) is 1. The monoisotopic (exact) mass is 244 g/mol. The Morgan fingerprint density at radius 3 is 3.06 bits per heavy atom. The molecule has 1 unspecified atom stereocenters. The Balaban J connectivity index is 1.92. The molecule has 6 nitrogen and oxygen atoms in total. The maximum atomic E-state index is 11.3. The van der Waals surface area contributed by atoms with Crippen LogP contribution in [-0.2, 0) is 10.7 Å². The predicted molar refractivity (Wildman–Crippen MR) is 58.1 cm³/mol. The molecule has 1 aromatic heterocycles. The highest BCUT2D eigenvalue weighted by Gasteiger charge is 2.23. The number of hydrogen-bond acceptors (Lipinski definition) is 5. The lowest BCUT2D eigenvalue weighted by Crippen LogP contribution is -2.43. The summed E-state index contributed by atoms with van der Waals surface area (Å²) < 4.78 is 5.23. The highest BCUT2D eigenvalue weighted by molar-refractivity contribution is 6.16. The second kappa shape index (κ2) is 4.69. The van der Waals surface area contributed by atoms with Gasteiger partial charge in [0.05, 0.1) is 0 Å². The number of aromatic nitrogens is 2. The first-order valence-corrected chi connectivity index (χ1v) is 5.61. The second-order valence-electron chi connectivity index (χ2n) is 3.79. The number of likely N-dealkylation sites (N-methyl/N-ethyl adjacent to an activating group) is 1. The Labute approximate surface area is 98.0 Å². The summed E-state index contributed by atoms with van der Waals surface area (Å²) in [5.41, 5.74) is 0. The number of nitrogens with one attached hydrogen (secondary N) is 1. The van der Waals surface area contributed by atoms with Gasteiger partial charge in [-0.15, -0.1) is 16.7 Å². The van der Waals surface area contributed by atoms with E-state index < -0.39 is 0 Å². The zero-order valence-electron chi connectivity index (χ0n) is 8.94. The van der Waals surface area contributed by atoms with E-state index in [2.05, 4.69) is 15.5 Å². The summed E-state index contributed by atoms with van der Waals surface area (Å²) in [6.45, 7) is 0.650. The molecular formula is C9H13ClN4O2. The third-order valence-corrected chi connectivity index (χ3v) is 2.76. The Morgan fingerprint density at radius 1 is 1.62 bits per heavy atom. The topological polar surface area (TPSA) is 71.3 Å². The molecule has 0 bridgehead atoms. The third kappa shape index (κ3) is 2.44. The molecule has 0 saturated carbocycles. The Hall–Kier alpha value is -1.30. The number of halogens is 1. The Morgan fingerprint density at radius 2 is 2.44 bits per heavy atom. The van der Waals surface area contributed by atoms with Crippen LogP contribution in [0.2, 0.25) is 0 Å². The second-order valence-corrected chi connectivity index (χ2v) is 4.06. The summed E-state index contributed by atoms with van der Waals surface area (Å²) in [6, 6.07) is 0.523. The van der Waals surface area contributed by atoms with Crippen molar-refractivity contribution in [2.24, 2.45) is 0 Å². The SMILES string of the molecule is CN1CC(Nc2nnc(CCl)o2)CCC1=O. The normalized spacial score (nSPS) is 21.2. The molecule has 1 N–H and O–H groups in total. The van der Waals surface area contributed by atoms with E-state index in [1.54, 1.807) is 11.9 Å². The van der Waals surface area contributed by atoms with E-state index in [9.17, 15) is 4.79 Å². The van der Waals surface area contributed by atoms with Gasteiger partial charge in [0.25, 0.3) is 0 Å². The van der Waals surface area contributed by atoms with Crippen LogP contribution in [0.3, 0.4) is 0 Å². The minimum absolute atomic E-state index is 0.159. The number of nitrogens with zero attached hydrogens (tertiary/aromatic N) is 3. The maximum Gasteiger partial charge on any atom is 0.315 e. The third-order valence-electron chi connectivity index (χ3n) is 2.54. The molecule has 16 heavy (non-hydrogen) atoms. The largest absolute Gasteiger partial charge is 0.407 e. The Bertz CT molecular complexity index is 381. The van der Waals surface area contributed by atoms with Crippen molar-refractivity contribution in [3.05, 3.63) is 5.89 Å². The summed E-state index contributed by atoms with van der Waals surface area (Å²) in [6.07, 6.45) is 1.33. The van der Waals surface area contributed by atoms with E-state index in [1.165, 1.54) is 0 Å². The zero-order valence-corrected chi connectivity index (χ0v) is 9.70. The lowest BCUT2D eigenvalue weighted by molar-refractivity contribution is -0.132. The van der Waals surface area contributed by atoms with Crippen LogP contribution < -0.4 is 5.32 Å². The van der Waals surface area contributed by atoms with Crippen molar-refractivity contribution in [2.75, 3.05) is 18.9 Å². The number of amides is 1. The van der Waals surface area contributed by atoms with Gasteiger partial charge in [-0.25, -0.2) is 0 Å². The lowest BCUT2D eigenvalue weighted by Gasteiger charge is -2.29. The van der Waals surface area contributed by atoms with Crippen molar-refractivity contribution >= 4 is 23.5 Å². The van der Waals surface area contributed by atoms with E-state index in [-0.39, 0.29) is 17.8 Å². The molecule has 1 saturated heterocycles. The average molecular weight is 245 g/mol. The average Bonchev–Trinajstić information content (AvgIpc) is 2.71. The zero-order chi connectivity index (χ0) is 11.5. The molecule has 1 aromatic rings. The fourth-order valence-corrected chi connectivity index (χ4v) is 1.78. The molecule has 0 radical (unpaired) electrons. The highest BCUT2D eigenvalue weighted by Crippen LogP contribution is 2.15. The fraction of sp³-hybridized carbons (Fsp3) is 0.667. The molecule has 0 aliphatic carbocycles. The van der Waals surface area contributed by atoms with Crippen molar-refractivity contribution in [3.8, 4) is 0 Å². The van der Waals surface area contributed by atoms with Gasteiger partial charge >= 0.3 is 6.01 Å². The number of alkyl halides is 1. The molecular weight excluding hydrogens is 232 g/mol. The van der Waals surface area contributed by atoms with Gasteiger partial charge in [0.2, 0.25) is 11.8 Å². The minimum Gasteiger partial charge on any atom is -0.407 e. The van der Waals surface area contributed by atoms with Gasteiger partial charge in [-0.2, -0.15) is 0 Å². The van der Waals surface area contributed by atoms with Crippen LogP contribution in [0.4, 0.5) is 6.01 Å². The number of carbonyl (C=O) groups excluding carboxylic acids is 1. The van der Waals surface area contributed by atoms with Gasteiger partial charge in [0.15, 0.2) is 0 Å². The number of hydrogen-bond donors (Lipinski definition) is 1. The number of rotatable bonds is 3. The van der Waals surface area contributed by atoms with Crippen LogP contribution in [0.1, 0.15) is 18.7 Å². The predicted octanol–water partition coefficient (Wildman–Crippen LogP) is 0.841. The first-order valence-electron chi connectivity index (χ1n) is 5.08. The van der Waals surface area contributed by atoms with Crippen molar-refractivity contribution < 1.29 is 9.21 Å². The number of anilines is 1. The van der Waals surface area contributed by atoms with Gasteiger partial charge in [-0.3, -0.25) is 4.79 Å². The van der Waals surface area contributed by atoms with Gasteiger partial charge in [0.1, 0.15) is 5.88 Å². The molecule has 2 heterocycles. The summed E-state index contributed by atoms with van der Waals surface area (Å²) in [4.78, 5) is 13.0. The van der Waals surface area contributed by atoms with E-state index in [0.717, 1.165) is 6.42 Å². The first-order chi connectivity index (χ1) is 7.69. The van der Waals surface area contributed by atoms with Crippen molar-refractivity contribution in [2.45, 2.75) is 24.8 Å². The molecule has 0 spiro atoms. The Kier molecular flexibility index (Phi) is 3.28. The molecule has 1 aliphatic rings. The van der Waals surface area contributed by atoms with Crippen LogP contribution in [0.25, 0.3) is 0 Å². The smallest absolute Gasteiger partial charge is 0.315 e. The molecule has 0 aromatic carbocycles. The first kappa shape index (κ1) is 11.2. The molecule has 88 valence electrons. The quantitative estimate of drug-likeness (QED) is 0.798. The van der Waals surface area contributed by atoms with Gasteiger partial charge in [0, 0.05) is 26.1 Å². The van der Waals surface area contributed by atoms with Crippen LogP contribution >= 0.6 is 11.6 Å².